The second-order valence-corrected chi connectivity index (χ2v) is 16.3. The standard InChI is InChI=1S/C30H52O5Si/c1-13-16-26(35-36(11,12)29(6,7)8)25(5)19-14-18-24(4)20-22-30(27(31)33-9,28(32)34-10)21-15-17-23(2)3/h13,17,19-20,26H,1,14-16,18,21-22H2,2-12H3/b24-20+,25-19+. The highest BCUT2D eigenvalue weighted by Gasteiger charge is 2.47. The summed E-state index contributed by atoms with van der Waals surface area (Å²) in [5.41, 5.74) is 2.13. The van der Waals surface area contributed by atoms with E-state index in [-0.39, 0.29) is 17.6 Å². The van der Waals surface area contributed by atoms with Crippen LogP contribution >= 0.6 is 0 Å². The first kappa shape index (κ1) is 34.1. The molecule has 0 rings (SSSR count). The van der Waals surface area contributed by atoms with Crippen molar-refractivity contribution in [3.05, 3.63) is 47.6 Å². The summed E-state index contributed by atoms with van der Waals surface area (Å²) in [6.07, 6.45) is 11.9. The van der Waals surface area contributed by atoms with Crippen molar-refractivity contribution in [2.24, 2.45) is 5.41 Å². The maximum absolute atomic E-state index is 12.7. The summed E-state index contributed by atoms with van der Waals surface area (Å²) in [5.74, 6) is -1.10. The van der Waals surface area contributed by atoms with Crippen LogP contribution in [-0.4, -0.2) is 40.6 Å². The van der Waals surface area contributed by atoms with Crippen molar-refractivity contribution in [3.63, 3.8) is 0 Å². The number of carbonyl (C=O) groups excluding carboxylic acids is 2. The van der Waals surface area contributed by atoms with Crippen LogP contribution in [0.25, 0.3) is 0 Å². The fraction of sp³-hybridized carbons (Fsp3) is 0.667. The van der Waals surface area contributed by atoms with E-state index in [4.69, 9.17) is 13.9 Å². The van der Waals surface area contributed by atoms with E-state index in [1.165, 1.54) is 19.8 Å². The smallest absolute Gasteiger partial charge is 0.323 e. The van der Waals surface area contributed by atoms with E-state index in [1.54, 1.807) is 0 Å². The molecule has 0 aliphatic carbocycles. The molecule has 0 radical (unpaired) electrons. The minimum absolute atomic E-state index is 0.0362. The average molecular weight is 521 g/mol. The molecule has 5 nitrogen and oxygen atoms in total. The number of hydrogen-bond donors (Lipinski definition) is 0. The van der Waals surface area contributed by atoms with Gasteiger partial charge in [-0.1, -0.05) is 56.2 Å². The molecular formula is C30H52O5Si. The SMILES string of the molecule is C=CCC(O[Si](C)(C)C(C)(C)C)/C(C)=C/CC/C(C)=C/CC(CCC=C(C)C)(C(=O)OC)C(=O)OC. The summed E-state index contributed by atoms with van der Waals surface area (Å²) < 4.78 is 16.7. The van der Waals surface area contributed by atoms with Gasteiger partial charge in [-0.15, -0.1) is 6.58 Å². The first-order chi connectivity index (χ1) is 16.6. The van der Waals surface area contributed by atoms with Crippen LogP contribution in [0, 0.1) is 5.41 Å². The van der Waals surface area contributed by atoms with Crippen LogP contribution in [0.4, 0.5) is 0 Å². The lowest BCUT2D eigenvalue weighted by Gasteiger charge is -2.39. The Morgan fingerprint density at radius 1 is 0.917 bits per heavy atom. The van der Waals surface area contributed by atoms with Crippen molar-refractivity contribution in [1.29, 1.82) is 0 Å². The normalized spacial score (nSPS) is 14.2. The Balaban J connectivity index is 5.56. The predicted octanol–water partition coefficient (Wildman–Crippen LogP) is 8.09. The van der Waals surface area contributed by atoms with E-state index in [9.17, 15) is 9.59 Å². The van der Waals surface area contributed by atoms with E-state index in [2.05, 4.69) is 53.4 Å². The Labute approximate surface area is 222 Å². The highest BCUT2D eigenvalue weighted by Crippen LogP contribution is 2.38. The second kappa shape index (κ2) is 15.4. The van der Waals surface area contributed by atoms with Crippen LogP contribution < -0.4 is 0 Å². The van der Waals surface area contributed by atoms with Gasteiger partial charge in [0.15, 0.2) is 13.7 Å². The Morgan fingerprint density at radius 3 is 1.92 bits per heavy atom. The van der Waals surface area contributed by atoms with Gasteiger partial charge in [0.25, 0.3) is 0 Å². The number of carbonyl (C=O) groups is 2. The maximum Gasteiger partial charge on any atom is 0.323 e. The molecule has 0 aromatic carbocycles. The topological polar surface area (TPSA) is 61.8 Å². The van der Waals surface area contributed by atoms with Crippen LogP contribution in [0.1, 0.15) is 87.0 Å². The Bertz CT molecular complexity index is 807. The molecule has 0 aliphatic rings. The Morgan fingerprint density at radius 2 is 1.47 bits per heavy atom. The van der Waals surface area contributed by atoms with Crippen LogP contribution in [0.5, 0.6) is 0 Å². The van der Waals surface area contributed by atoms with Crippen molar-refractivity contribution in [2.75, 3.05) is 14.2 Å². The lowest BCUT2D eigenvalue weighted by molar-refractivity contribution is -0.169. The zero-order chi connectivity index (χ0) is 28.2. The fourth-order valence-electron chi connectivity index (χ4n) is 3.67. The summed E-state index contributed by atoms with van der Waals surface area (Å²) in [7, 11) is 0.730. The van der Waals surface area contributed by atoms with Gasteiger partial charge in [-0.25, -0.2) is 0 Å². The molecule has 1 atom stereocenters. The molecular weight excluding hydrogens is 468 g/mol. The molecule has 0 fully saturated rings. The van der Waals surface area contributed by atoms with Crippen LogP contribution in [0.15, 0.2) is 47.6 Å². The fourth-order valence-corrected chi connectivity index (χ4v) is 5.02. The molecule has 0 N–H and O–H groups in total. The van der Waals surface area contributed by atoms with Crippen molar-refractivity contribution in [3.8, 4) is 0 Å². The summed E-state index contributed by atoms with van der Waals surface area (Å²) >= 11 is 0. The quantitative estimate of drug-likeness (QED) is 0.0945. The van der Waals surface area contributed by atoms with Gasteiger partial charge in [-0.05, 0) is 89.9 Å². The van der Waals surface area contributed by atoms with E-state index in [1.807, 2.05) is 39.0 Å². The Hall–Kier alpha value is -1.92. The largest absolute Gasteiger partial charge is 0.468 e. The van der Waals surface area contributed by atoms with Gasteiger partial charge in [0.05, 0.1) is 20.3 Å². The molecule has 0 saturated heterocycles. The van der Waals surface area contributed by atoms with E-state index < -0.39 is 25.7 Å². The highest BCUT2D eigenvalue weighted by atomic mass is 28.4. The highest BCUT2D eigenvalue weighted by molar-refractivity contribution is 6.74. The zero-order valence-corrected chi connectivity index (χ0v) is 25.9. The molecule has 0 aromatic rings. The van der Waals surface area contributed by atoms with Gasteiger partial charge in [0, 0.05) is 0 Å². The summed E-state index contributed by atoms with van der Waals surface area (Å²) in [5, 5.41) is 0.142. The predicted molar refractivity (Wildman–Crippen MR) is 153 cm³/mol. The number of methoxy groups -OCH3 is 2. The Kier molecular flexibility index (Phi) is 14.5. The molecule has 0 aromatic heterocycles. The molecule has 1 unspecified atom stereocenters. The third-order valence-electron chi connectivity index (χ3n) is 7.21. The minimum Gasteiger partial charge on any atom is -0.468 e. The average Bonchev–Trinajstić information content (AvgIpc) is 2.78. The zero-order valence-electron chi connectivity index (χ0n) is 24.9. The van der Waals surface area contributed by atoms with Crippen molar-refractivity contribution in [2.45, 2.75) is 111 Å². The minimum atomic E-state index is -1.90. The molecule has 206 valence electrons. The molecule has 0 bridgehead atoms. The van der Waals surface area contributed by atoms with Crippen molar-refractivity contribution in [1.82, 2.24) is 0 Å². The van der Waals surface area contributed by atoms with Gasteiger partial charge < -0.3 is 13.9 Å². The maximum atomic E-state index is 12.7. The van der Waals surface area contributed by atoms with Gasteiger partial charge >= 0.3 is 11.9 Å². The molecule has 6 heteroatoms. The lowest BCUT2D eigenvalue weighted by atomic mass is 9.79. The number of allylic oxidation sites excluding steroid dienone is 5. The van der Waals surface area contributed by atoms with Crippen LogP contribution in [-0.2, 0) is 23.5 Å². The molecule has 0 aliphatic heterocycles. The van der Waals surface area contributed by atoms with Crippen LogP contribution in [0.3, 0.4) is 0 Å². The number of hydrogen-bond acceptors (Lipinski definition) is 5. The van der Waals surface area contributed by atoms with Gasteiger partial charge in [-0.3, -0.25) is 9.59 Å². The van der Waals surface area contributed by atoms with E-state index in [0.29, 0.717) is 12.8 Å². The third kappa shape index (κ3) is 10.6. The lowest BCUT2D eigenvalue weighted by Crippen LogP contribution is -2.44. The van der Waals surface area contributed by atoms with E-state index in [0.717, 1.165) is 30.4 Å². The molecule has 0 saturated carbocycles. The van der Waals surface area contributed by atoms with Crippen molar-refractivity contribution >= 4 is 20.3 Å². The van der Waals surface area contributed by atoms with Gasteiger partial charge in [-0.2, -0.15) is 0 Å². The monoisotopic (exact) mass is 520 g/mol. The molecule has 0 heterocycles. The number of rotatable bonds is 15. The first-order valence-corrected chi connectivity index (χ1v) is 15.9. The van der Waals surface area contributed by atoms with Gasteiger partial charge in [0.2, 0.25) is 0 Å². The summed E-state index contributed by atoms with van der Waals surface area (Å²) in [4.78, 5) is 25.5. The molecule has 36 heavy (non-hydrogen) atoms. The third-order valence-corrected chi connectivity index (χ3v) is 11.7. The van der Waals surface area contributed by atoms with Crippen molar-refractivity contribution < 1.29 is 23.5 Å². The molecule has 0 spiro atoms. The molecule has 0 amide bonds. The number of esters is 2. The van der Waals surface area contributed by atoms with E-state index >= 15 is 0 Å². The summed E-state index contributed by atoms with van der Waals surface area (Å²) in [6.45, 7) is 23.4. The van der Waals surface area contributed by atoms with Gasteiger partial charge in [0.1, 0.15) is 0 Å². The van der Waals surface area contributed by atoms with Crippen LogP contribution in [0.2, 0.25) is 18.1 Å². The summed E-state index contributed by atoms with van der Waals surface area (Å²) in [6, 6.07) is 0. The first-order valence-electron chi connectivity index (χ1n) is 13.0. The second-order valence-electron chi connectivity index (χ2n) is 11.5. The number of ether oxygens (including phenoxy) is 2.